The molecule has 1 saturated carbocycles. The van der Waals surface area contributed by atoms with Crippen LogP contribution in [0, 0.1) is 0 Å². The first-order chi connectivity index (χ1) is 7.02. The minimum Gasteiger partial charge on any atom is -0.482 e. The van der Waals surface area contributed by atoms with E-state index in [0.717, 1.165) is 17.8 Å². The van der Waals surface area contributed by atoms with Crippen molar-refractivity contribution in [1.29, 1.82) is 0 Å². The molecule has 0 aliphatic heterocycles. The number of aromatic nitrogens is 1. The maximum Gasteiger partial charge on any atom is 0.283 e. The van der Waals surface area contributed by atoms with E-state index in [1.54, 1.807) is 6.92 Å². The number of hydrogen-bond donors (Lipinski definition) is 0. The molecule has 0 bridgehead atoms. The van der Waals surface area contributed by atoms with Crippen LogP contribution in [-0.4, -0.2) is 20.0 Å². The Morgan fingerprint density at radius 2 is 2.27 bits per heavy atom. The average molecular weight is 268 g/mol. The lowest BCUT2D eigenvalue weighted by atomic mass is 10.5. The van der Waals surface area contributed by atoms with E-state index in [-0.39, 0.29) is 5.03 Å². The van der Waals surface area contributed by atoms with Gasteiger partial charge in [-0.25, -0.2) is 13.4 Å². The van der Waals surface area contributed by atoms with Gasteiger partial charge >= 0.3 is 0 Å². The Morgan fingerprint density at radius 1 is 1.60 bits per heavy atom. The molecule has 1 aromatic heterocycles. The van der Waals surface area contributed by atoms with Crippen molar-refractivity contribution < 1.29 is 13.2 Å². The molecule has 7 heteroatoms. The normalized spacial score (nSPS) is 16.7. The van der Waals surface area contributed by atoms with Crippen LogP contribution in [0.3, 0.4) is 0 Å². The Hall–Kier alpha value is -0.330. The molecule has 1 heterocycles. The second-order valence-corrected chi connectivity index (χ2v) is 6.76. The minimum absolute atomic E-state index is 0.127. The largest absolute Gasteiger partial charge is 0.482 e. The maximum atomic E-state index is 11.2. The first kappa shape index (κ1) is 11.2. The monoisotopic (exact) mass is 267 g/mol. The van der Waals surface area contributed by atoms with Gasteiger partial charge in [0.1, 0.15) is 5.01 Å². The molecule has 0 spiro atoms. The Morgan fingerprint density at radius 3 is 2.73 bits per heavy atom. The predicted octanol–water partition coefficient (Wildman–Crippen LogP) is 2.35. The molecule has 0 atom stereocenters. The van der Waals surface area contributed by atoms with E-state index in [1.807, 2.05) is 0 Å². The summed E-state index contributed by atoms with van der Waals surface area (Å²) in [5.74, 6) is 0.404. The highest BCUT2D eigenvalue weighted by Crippen LogP contribution is 2.46. The molecule has 2 rings (SSSR count). The average Bonchev–Trinajstić information content (AvgIpc) is 2.87. The van der Waals surface area contributed by atoms with E-state index in [1.165, 1.54) is 11.3 Å². The highest BCUT2D eigenvalue weighted by atomic mass is 35.7. The van der Waals surface area contributed by atoms with Gasteiger partial charge in [-0.15, -0.1) is 0 Å². The molecule has 0 aromatic carbocycles. The fraction of sp³-hybridized carbons (Fsp3) is 0.625. The smallest absolute Gasteiger partial charge is 0.283 e. The van der Waals surface area contributed by atoms with Crippen LogP contribution in [0.1, 0.15) is 30.7 Å². The SMILES string of the molecule is CCOc1sc(C2CC2)nc1S(=O)(=O)Cl. The van der Waals surface area contributed by atoms with Crippen molar-refractivity contribution in [2.24, 2.45) is 0 Å². The Labute approximate surface area is 96.7 Å². The minimum atomic E-state index is -3.79. The highest BCUT2D eigenvalue weighted by Gasteiger charge is 2.31. The van der Waals surface area contributed by atoms with Crippen molar-refractivity contribution in [3.8, 4) is 5.06 Å². The van der Waals surface area contributed by atoms with Crippen LogP contribution in [0.2, 0.25) is 0 Å². The molecule has 0 radical (unpaired) electrons. The van der Waals surface area contributed by atoms with Gasteiger partial charge in [-0.1, -0.05) is 11.3 Å². The molecule has 84 valence electrons. The molecule has 1 fully saturated rings. The van der Waals surface area contributed by atoms with Gasteiger partial charge in [0.15, 0.2) is 0 Å². The van der Waals surface area contributed by atoms with Crippen LogP contribution in [0.15, 0.2) is 5.03 Å². The second kappa shape index (κ2) is 3.92. The lowest BCUT2D eigenvalue weighted by Gasteiger charge is -1.98. The van der Waals surface area contributed by atoms with Crippen molar-refractivity contribution in [3.63, 3.8) is 0 Å². The lowest BCUT2D eigenvalue weighted by molar-refractivity contribution is 0.340. The van der Waals surface area contributed by atoms with Gasteiger partial charge in [0.25, 0.3) is 9.05 Å². The quantitative estimate of drug-likeness (QED) is 0.786. The van der Waals surface area contributed by atoms with E-state index in [9.17, 15) is 8.42 Å². The summed E-state index contributed by atoms with van der Waals surface area (Å²) in [6, 6.07) is 0. The van der Waals surface area contributed by atoms with Crippen molar-refractivity contribution in [1.82, 2.24) is 4.98 Å². The topological polar surface area (TPSA) is 56.3 Å². The van der Waals surface area contributed by atoms with Gasteiger partial charge in [0, 0.05) is 16.6 Å². The Balaban J connectivity index is 2.41. The summed E-state index contributed by atoms with van der Waals surface area (Å²) < 4.78 is 27.6. The molecule has 4 nitrogen and oxygen atoms in total. The number of hydrogen-bond acceptors (Lipinski definition) is 5. The molecule has 0 N–H and O–H groups in total. The van der Waals surface area contributed by atoms with Crippen molar-refractivity contribution >= 4 is 31.1 Å². The van der Waals surface area contributed by atoms with E-state index in [0.29, 0.717) is 17.6 Å². The molecule has 15 heavy (non-hydrogen) atoms. The van der Waals surface area contributed by atoms with Crippen LogP contribution in [0.5, 0.6) is 5.06 Å². The van der Waals surface area contributed by atoms with Gasteiger partial charge in [-0.3, -0.25) is 0 Å². The summed E-state index contributed by atoms with van der Waals surface area (Å²) in [7, 11) is 1.48. The molecular formula is C8H10ClNO3S2. The number of rotatable bonds is 4. The zero-order chi connectivity index (χ0) is 11.1. The molecule has 1 aromatic rings. The summed E-state index contributed by atoms with van der Waals surface area (Å²) >= 11 is 1.28. The molecule has 1 aliphatic rings. The molecule has 0 saturated heterocycles. The van der Waals surface area contributed by atoms with Gasteiger partial charge in [0.05, 0.1) is 6.61 Å². The maximum absolute atomic E-state index is 11.2. The summed E-state index contributed by atoms with van der Waals surface area (Å²) in [4.78, 5) is 4.04. The van der Waals surface area contributed by atoms with Crippen LogP contribution in [0.25, 0.3) is 0 Å². The summed E-state index contributed by atoms with van der Waals surface area (Å²) in [6.07, 6.45) is 2.14. The molecule has 0 unspecified atom stereocenters. The molecule has 0 amide bonds. The standard InChI is InChI=1S/C8H10ClNO3S2/c1-2-13-8-7(15(9,11)12)10-6(14-8)5-3-4-5/h5H,2-4H2,1H3. The van der Waals surface area contributed by atoms with Crippen LogP contribution in [0.4, 0.5) is 0 Å². The first-order valence-corrected chi connectivity index (χ1v) is 7.73. The predicted molar refractivity (Wildman–Crippen MR) is 58.3 cm³/mol. The Kier molecular flexibility index (Phi) is 2.92. The van der Waals surface area contributed by atoms with Crippen LogP contribution in [-0.2, 0) is 9.05 Å². The van der Waals surface area contributed by atoms with E-state index in [4.69, 9.17) is 15.4 Å². The number of thiazole rings is 1. The zero-order valence-corrected chi connectivity index (χ0v) is 10.5. The lowest BCUT2D eigenvalue weighted by Crippen LogP contribution is -1.97. The van der Waals surface area contributed by atoms with Crippen molar-refractivity contribution in [2.75, 3.05) is 6.61 Å². The third-order valence-electron chi connectivity index (χ3n) is 2.02. The van der Waals surface area contributed by atoms with Gasteiger partial charge in [-0.2, -0.15) is 0 Å². The highest BCUT2D eigenvalue weighted by molar-refractivity contribution is 8.13. The van der Waals surface area contributed by atoms with E-state index < -0.39 is 9.05 Å². The summed E-state index contributed by atoms with van der Waals surface area (Å²) in [5, 5.41) is 1.00. The van der Waals surface area contributed by atoms with Crippen molar-refractivity contribution in [2.45, 2.75) is 30.7 Å². The van der Waals surface area contributed by atoms with E-state index >= 15 is 0 Å². The summed E-state index contributed by atoms with van der Waals surface area (Å²) in [6.45, 7) is 2.20. The third kappa shape index (κ3) is 2.43. The van der Waals surface area contributed by atoms with Gasteiger partial charge < -0.3 is 4.74 Å². The fourth-order valence-electron chi connectivity index (χ4n) is 1.19. The van der Waals surface area contributed by atoms with Crippen LogP contribution >= 0.6 is 22.0 Å². The van der Waals surface area contributed by atoms with Crippen LogP contribution < -0.4 is 4.74 Å². The van der Waals surface area contributed by atoms with Gasteiger partial charge in [0.2, 0.25) is 10.1 Å². The zero-order valence-electron chi connectivity index (χ0n) is 8.07. The fourth-order valence-corrected chi connectivity index (χ4v) is 3.66. The third-order valence-corrected chi connectivity index (χ3v) is 4.45. The number of nitrogens with zero attached hydrogens (tertiary/aromatic N) is 1. The molecule has 1 aliphatic carbocycles. The first-order valence-electron chi connectivity index (χ1n) is 4.60. The molecular weight excluding hydrogens is 258 g/mol. The number of halogens is 1. The second-order valence-electron chi connectivity index (χ2n) is 3.29. The van der Waals surface area contributed by atoms with Gasteiger partial charge in [-0.05, 0) is 19.8 Å². The summed E-state index contributed by atoms with van der Waals surface area (Å²) in [5.41, 5.74) is 0. The number of ether oxygens (including phenoxy) is 1. The Bertz CT molecular complexity index is 464. The van der Waals surface area contributed by atoms with Crippen molar-refractivity contribution in [3.05, 3.63) is 5.01 Å². The van der Waals surface area contributed by atoms with E-state index in [2.05, 4.69) is 4.98 Å².